The van der Waals surface area contributed by atoms with Crippen LogP contribution < -0.4 is 18.9 Å². The maximum Gasteiger partial charge on any atom is 0.432 e. The quantitative estimate of drug-likeness (QED) is 0.277. The SMILES string of the molecule is C=C(C)[C@@H](Cc1c(OC)nc2c3c(ccc2c1OC)OCO3)OC(=O)[C@@](OC)(c1ccccc1)C(F)(F)F. The largest absolute Gasteiger partial charge is 0.496 e. The van der Waals surface area contributed by atoms with Crippen LogP contribution in [-0.4, -0.2) is 51.4 Å². The zero-order valence-corrected chi connectivity index (χ0v) is 21.2. The molecular weight excluding hydrogens is 507 g/mol. The second-order valence-corrected chi connectivity index (χ2v) is 8.52. The third kappa shape index (κ3) is 4.47. The number of carbonyl (C=O) groups excluding carboxylic acids is 1. The summed E-state index contributed by atoms with van der Waals surface area (Å²) in [6.45, 7) is 5.39. The summed E-state index contributed by atoms with van der Waals surface area (Å²) in [5, 5.41) is 0.546. The third-order valence-corrected chi connectivity index (χ3v) is 6.26. The molecule has 1 aliphatic rings. The number of aromatic nitrogens is 1. The molecule has 1 aromatic heterocycles. The van der Waals surface area contributed by atoms with Crippen LogP contribution in [0, 0.1) is 0 Å². The summed E-state index contributed by atoms with van der Waals surface area (Å²) in [6, 6.07) is 9.99. The lowest BCUT2D eigenvalue weighted by atomic mass is 9.92. The van der Waals surface area contributed by atoms with E-state index in [-0.39, 0.29) is 24.7 Å². The van der Waals surface area contributed by atoms with Gasteiger partial charge in [-0.3, -0.25) is 0 Å². The highest BCUT2D eigenvalue weighted by atomic mass is 19.4. The fraction of sp³-hybridized carbons (Fsp3) is 0.333. The number of halogens is 3. The summed E-state index contributed by atoms with van der Waals surface area (Å²) in [5.41, 5.74) is -2.71. The van der Waals surface area contributed by atoms with Crippen molar-refractivity contribution in [1.29, 1.82) is 0 Å². The first-order chi connectivity index (χ1) is 18.1. The lowest BCUT2D eigenvalue weighted by Crippen LogP contribution is -2.52. The van der Waals surface area contributed by atoms with E-state index in [0.717, 1.165) is 19.2 Å². The standard InChI is InChI=1S/C27H26F3NO7/c1-15(2)20(38-25(32)26(35-5,27(28,29)30)16-9-7-6-8-10-16)13-18-22(33-3)17-11-12-19-23(37-14-36-19)21(17)31-24(18)34-4/h6-12,20H,1,13-14H2,2-5H3/t20-,26+/m1/s1. The van der Waals surface area contributed by atoms with Crippen molar-refractivity contribution in [2.45, 2.75) is 31.2 Å². The van der Waals surface area contributed by atoms with Crippen LogP contribution in [0.25, 0.3) is 10.9 Å². The first kappa shape index (κ1) is 27.1. The fourth-order valence-corrected chi connectivity index (χ4v) is 4.36. The molecule has 4 rings (SSSR count). The van der Waals surface area contributed by atoms with Crippen molar-refractivity contribution < 1.29 is 46.4 Å². The minimum absolute atomic E-state index is 0.0259. The van der Waals surface area contributed by atoms with E-state index in [1.54, 1.807) is 12.1 Å². The first-order valence-corrected chi connectivity index (χ1v) is 11.5. The zero-order valence-electron chi connectivity index (χ0n) is 21.2. The monoisotopic (exact) mass is 533 g/mol. The van der Waals surface area contributed by atoms with Gasteiger partial charge in [0.1, 0.15) is 17.4 Å². The topological polar surface area (TPSA) is 85.3 Å². The summed E-state index contributed by atoms with van der Waals surface area (Å²) in [5.74, 6) is -0.297. The van der Waals surface area contributed by atoms with Crippen LogP contribution in [0.15, 0.2) is 54.6 Å². The summed E-state index contributed by atoms with van der Waals surface area (Å²) >= 11 is 0. The number of fused-ring (bicyclic) bond motifs is 3. The molecule has 2 atom stereocenters. The molecule has 0 amide bonds. The van der Waals surface area contributed by atoms with E-state index in [9.17, 15) is 18.0 Å². The Morgan fingerprint density at radius 2 is 1.79 bits per heavy atom. The van der Waals surface area contributed by atoms with Gasteiger partial charge >= 0.3 is 12.1 Å². The maximum absolute atomic E-state index is 14.4. The molecule has 8 nitrogen and oxygen atoms in total. The lowest BCUT2D eigenvalue weighted by Gasteiger charge is -2.34. The number of ether oxygens (including phenoxy) is 6. The molecule has 0 saturated heterocycles. The third-order valence-electron chi connectivity index (χ3n) is 6.26. The number of pyridine rings is 1. The Morgan fingerprint density at radius 1 is 1.08 bits per heavy atom. The molecule has 0 radical (unpaired) electrons. The number of methoxy groups -OCH3 is 3. The van der Waals surface area contributed by atoms with E-state index in [0.29, 0.717) is 33.7 Å². The second-order valence-electron chi connectivity index (χ2n) is 8.52. The van der Waals surface area contributed by atoms with Crippen LogP contribution in [0.3, 0.4) is 0 Å². The van der Waals surface area contributed by atoms with Gasteiger partial charge in [-0.1, -0.05) is 36.9 Å². The van der Waals surface area contributed by atoms with E-state index < -0.39 is 29.4 Å². The minimum atomic E-state index is -5.12. The highest BCUT2D eigenvalue weighted by molar-refractivity contribution is 5.94. The van der Waals surface area contributed by atoms with Gasteiger partial charge in [-0.15, -0.1) is 0 Å². The molecule has 0 N–H and O–H groups in total. The molecular formula is C27H26F3NO7. The number of nitrogens with zero attached hydrogens (tertiary/aromatic N) is 1. The van der Waals surface area contributed by atoms with Gasteiger partial charge in [-0.25, -0.2) is 9.78 Å². The van der Waals surface area contributed by atoms with Gasteiger partial charge in [0.25, 0.3) is 5.60 Å². The number of carbonyl (C=O) groups is 1. The highest BCUT2D eigenvalue weighted by Crippen LogP contribution is 2.46. The van der Waals surface area contributed by atoms with Gasteiger partial charge < -0.3 is 28.4 Å². The molecule has 202 valence electrons. The van der Waals surface area contributed by atoms with Crippen LogP contribution >= 0.6 is 0 Å². The second kappa shape index (κ2) is 10.4. The molecule has 2 aromatic carbocycles. The molecule has 0 unspecified atom stereocenters. The molecule has 38 heavy (non-hydrogen) atoms. The molecule has 0 aliphatic carbocycles. The summed E-state index contributed by atoms with van der Waals surface area (Å²) in [6.07, 6.45) is -6.47. The van der Waals surface area contributed by atoms with Crippen molar-refractivity contribution in [3.8, 4) is 23.1 Å². The van der Waals surface area contributed by atoms with Crippen molar-refractivity contribution in [2.75, 3.05) is 28.1 Å². The van der Waals surface area contributed by atoms with E-state index in [1.807, 2.05) is 0 Å². The average Bonchev–Trinajstić information content (AvgIpc) is 3.37. The van der Waals surface area contributed by atoms with Crippen molar-refractivity contribution >= 4 is 16.9 Å². The molecule has 0 fully saturated rings. The van der Waals surface area contributed by atoms with Crippen LogP contribution in [0.1, 0.15) is 18.1 Å². The number of benzene rings is 2. The number of esters is 1. The molecule has 0 bridgehead atoms. The van der Waals surface area contributed by atoms with Gasteiger partial charge in [-0.05, 0) is 24.6 Å². The maximum atomic E-state index is 14.4. The lowest BCUT2D eigenvalue weighted by molar-refractivity contribution is -0.277. The van der Waals surface area contributed by atoms with E-state index in [1.165, 1.54) is 39.3 Å². The Labute approximate surface area is 216 Å². The van der Waals surface area contributed by atoms with Crippen LogP contribution in [0.4, 0.5) is 13.2 Å². The van der Waals surface area contributed by atoms with Crippen LogP contribution in [0.2, 0.25) is 0 Å². The summed E-state index contributed by atoms with van der Waals surface area (Å²) < 4.78 is 75.6. The van der Waals surface area contributed by atoms with Crippen molar-refractivity contribution in [2.24, 2.45) is 0 Å². The Bertz CT molecular complexity index is 1360. The molecule has 0 spiro atoms. The van der Waals surface area contributed by atoms with Crippen molar-refractivity contribution in [3.63, 3.8) is 0 Å². The summed E-state index contributed by atoms with van der Waals surface area (Å²) in [7, 11) is 3.62. The predicted molar refractivity (Wildman–Crippen MR) is 131 cm³/mol. The molecule has 0 saturated carbocycles. The Hall–Kier alpha value is -3.99. The average molecular weight is 533 g/mol. The normalized spacial score (nSPS) is 15.0. The Kier molecular flexibility index (Phi) is 7.41. The molecule has 3 aromatic rings. The van der Waals surface area contributed by atoms with Crippen LogP contribution in [-0.2, 0) is 26.3 Å². The van der Waals surface area contributed by atoms with Crippen molar-refractivity contribution in [3.05, 3.63) is 65.7 Å². The molecule has 2 heterocycles. The van der Waals surface area contributed by atoms with E-state index in [4.69, 9.17) is 28.4 Å². The first-order valence-electron chi connectivity index (χ1n) is 11.5. The Balaban J connectivity index is 1.77. The van der Waals surface area contributed by atoms with Gasteiger partial charge in [0.2, 0.25) is 12.7 Å². The van der Waals surface area contributed by atoms with Gasteiger partial charge in [-0.2, -0.15) is 13.2 Å². The van der Waals surface area contributed by atoms with Crippen LogP contribution in [0.5, 0.6) is 23.1 Å². The minimum Gasteiger partial charge on any atom is -0.496 e. The molecule has 11 heteroatoms. The molecule has 1 aliphatic heterocycles. The zero-order chi connectivity index (χ0) is 27.7. The number of hydrogen-bond donors (Lipinski definition) is 0. The Morgan fingerprint density at radius 3 is 2.37 bits per heavy atom. The highest BCUT2D eigenvalue weighted by Gasteiger charge is 2.64. The fourth-order valence-electron chi connectivity index (χ4n) is 4.36. The van der Waals surface area contributed by atoms with Gasteiger partial charge in [0.15, 0.2) is 11.5 Å². The van der Waals surface area contributed by atoms with Gasteiger partial charge in [0.05, 0.1) is 19.8 Å². The van der Waals surface area contributed by atoms with E-state index in [2.05, 4.69) is 11.6 Å². The van der Waals surface area contributed by atoms with Crippen molar-refractivity contribution in [1.82, 2.24) is 4.98 Å². The smallest absolute Gasteiger partial charge is 0.432 e. The summed E-state index contributed by atoms with van der Waals surface area (Å²) in [4.78, 5) is 17.8. The number of hydrogen-bond acceptors (Lipinski definition) is 8. The van der Waals surface area contributed by atoms with Gasteiger partial charge in [0, 0.05) is 24.5 Å². The number of rotatable bonds is 9. The number of alkyl halides is 3. The van der Waals surface area contributed by atoms with E-state index >= 15 is 0 Å². The predicted octanol–water partition coefficient (Wildman–Crippen LogP) is 5.12.